The average molecular weight is 305 g/mol. The fourth-order valence-electron chi connectivity index (χ4n) is 2.55. The third-order valence-corrected chi connectivity index (χ3v) is 3.79. The summed E-state index contributed by atoms with van der Waals surface area (Å²) in [6.07, 6.45) is 2.73. The molecule has 1 aliphatic heterocycles. The number of benzene rings is 1. The minimum Gasteiger partial charge on any atom is -0.455 e. The zero-order valence-corrected chi connectivity index (χ0v) is 12.9. The molecule has 0 aliphatic carbocycles. The number of rotatable bonds is 7. The number of hydrogen-bond acceptors (Lipinski definition) is 4. The third-order valence-electron chi connectivity index (χ3n) is 3.79. The van der Waals surface area contributed by atoms with E-state index in [1.807, 2.05) is 37.3 Å². The molecular weight excluding hydrogens is 282 g/mol. The monoisotopic (exact) mass is 305 g/mol. The van der Waals surface area contributed by atoms with Crippen LogP contribution in [-0.2, 0) is 19.1 Å². The summed E-state index contributed by atoms with van der Waals surface area (Å²) in [5.74, 6) is -0.972. The molecule has 1 N–H and O–H groups in total. The molecule has 0 radical (unpaired) electrons. The first-order valence-electron chi connectivity index (χ1n) is 7.80. The van der Waals surface area contributed by atoms with Gasteiger partial charge in [-0.2, -0.15) is 0 Å². The van der Waals surface area contributed by atoms with Crippen molar-refractivity contribution in [1.29, 1.82) is 0 Å². The van der Waals surface area contributed by atoms with Gasteiger partial charge >= 0.3 is 5.97 Å². The summed E-state index contributed by atoms with van der Waals surface area (Å²) >= 11 is 0. The summed E-state index contributed by atoms with van der Waals surface area (Å²) in [7, 11) is 0. The van der Waals surface area contributed by atoms with Crippen molar-refractivity contribution in [2.45, 2.75) is 38.2 Å². The van der Waals surface area contributed by atoms with Crippen LogP contribution in [0.1, 0.15) is 37.7 Å². The van der Waals surface area contributed by atoms with Crippen LogP contribution in [0.15, 0.2) is 30.3 Å². The molecular formula is C17H23NO4. The molecule has 1 aliphatic rings. The van der Waals surface area contributed by atoms with Crippen LogP contribution in [0.3, 0.4) is 0 Å². The van der Waals surface area contributed by atoms with Gasteiger partial charge in [0.15, 0.2) is 6.61 Å². The second kappa shape index (κ2) is 8.54. The number of esters is 1. The van der Waals surface area contributed by atoms with E-state index in [2.05, 4.69) is 5.32 Å². The van der Waals surface area contributed by atoms with E-state index in [0.29, 0.717) is 13.0 Å². The lowest BCUT2D eigenvalue weighted by Gasteiger charge is -2.15. The normalized spacial score (nSPS) is 18.7. The fourth-order valence-corrected chi connectivity index (χ4v) is 2.55. The smallest absolute Gasteiger partial charge is 0.313 e. The van der Waals surface area contributed by atoms with Gasteiger partial charge in [-0.1, -0.05) is 37.3 Å². The Bertz CT molecular complexity index is 483. The summed E-state index contributed by atoms with van der Waals surface area (Å²) in [5.41, 5.74) is 0.912. The maximum absolute atomic E-state index is 12.1. The van der Waals surface area contributed by atoms with E-state index in [1.54, 1.807) is 0 Å². The van der Waals surface area contributed by atoms with Crippen LogP contribution >= 0.6 is 0 Å². The van der Waals surface area contributed by atoms with Crippen molar-refractivity contribution < 1.29 is 19.1 Å². The molecule has 1 amide bonds. The minimum atomic E-state index is -0.360. The molecule has 1 aromatic carbocycles. The molecule has 120 valence electrons. The van der Waals surface area contributed by atoms with Gasteiger partial charge in [-0.05, 0) is 24.8 Å². The molecule has 1 aromatic rings. The lowest BCUT2D eigenvalue weighted by atomic mass is 9.97. The van der Waals surface area contributed by atoms with Gasteiger partial charge in [-0.25, -0.2) is 0 Å². The summed E-state index contributed by atoms with van der Waals surface area (Å²) in [5, 5.41) is 2.74. The fraction of sp³-hybridized carbons (Fsp3) is 0.529. The number of nitrogens with one attached hydrogen (secondary N) is 1. The predicted molar refractivity (Wildman–Crippen MR) is 82.4 cm³/mol. The van der Waals surface area contributed by atoms with E-state index in [1.165, 1.54) is 0 Å². The van der Waals surface area contributed by atoms with E-state index in [-0.39, 0.29) is 30.5 Å². The summed E-state index contributed by atoms with van der Waals surface area (Å²) in [4.78, 5) is 23.8. The Labute approximate surface area is 131 Å². The maximum atomic E-state index is 12.1. The summed E-state index contributed by atoms with van der Waals surface area (Å²) in [6, 6.07) is 9.47. The quantitative estimate of drug-likeness (QED) is 0.783. The zero-order chi connectivity index (χ0) is 15.8. The molecule has 1 fully saturated rings. The number of ether oxygens (including phenoxy) is 2. The largest absolute Gasteiger partial charge is 0.455 e. The van der Waals surface area contributed by atoms with Crippen molar-refractivity contribution in [1.82, 2.24) is 5.32 Å². The number of carbonyl (C=O) groups is 2. The Kier molecular flexibility index (Phi) is 6.40. The molecule has 2 atom stereocenters. The molecule has 0 spiro atoms. The van der Waals surface area contributed by atoms with Gasteiger partial charge in [-0.3, -0.25) is 9.59 Å². The summed E-state index contributed by atoms with van der Waals surface area (Å²) < 4.78 is 10.6. The van der Waals surface area contributed by atoms with Gasteiger partial charge < -0.3 is 14.8 Å². The van der Waals surface area contributed by atoms with Crippen LogP contribution < -0.4 is 5.32 Å². The van der Waals surface area contributed by atoms with Gasteiger partial charge in [0, 0.05) is 13.2 Å². The standard InChI is InChI=1S/C17H23NO4/c1-2-15(13-7-4-3-5-8-13)17(20)22-12-16(19)18-11-14-9-6-10-21-14/h3-5,7-8,14-15H,2,6,9-12H2,1H3,(H,18,19). The van der Waals surface area contributed by atoms with E-state index in [9.17, 15) is 9.59 Å². The molecule has 22 heavy (non-hydrogen) atoms. The molecule has 5 nitrogen and oxygen atoms in total. The van der Waals surface area contributed by atoms with E-state index >= 15 is 0 Å². The first-order chi connectivity index (χ1) is 10.7. The van der Waals surface area contributed by atoms with Crippen molar-refractivity contribution in [2.24, 2.45) is 0 Å². The topological polar surface area (TPSA) is 64.6 Å². The average Bonchev–Trinajstić information content (AvgIpc) is 3.06. The Morgan fingerprint density at radius 3 is 2.77 bits per heavy atom. The number of hydrogen-bond donors (Lipinski definition) is 1. The summed E-state index contributed by atoms with van der Waals surface area (Å²) in [6.45, 7) is 2.92. The molecule has 2 unspecified atom stereocenters. The molecule has 5 heteroatoms. The number of amides is 1. The van der Waals surface area contributed by atoms with E-state index in [4.69, 9.17) is 9.47 Å². The van der Waals surface area contributed by atoms with Crippen LogP contribution in [0, 0.1) is 0 Å². The first kappa shape index (κ1) is 16.5. The van der Waals surface area contributed by atoms with Crippen molar-refractivity contribution in [3.8, 4) is 0 Å². The van der Waals surface area contributed by atoms with Crippen molar-refractivity contribution in [2.75, 3.05) is 19.8 Å². The molecule has 0 aromatic heterocycles. The van der Waals surface area contributed by atoms with E-state index < -0.39 is 0 Å². The van der Waals surface area contributed by atoms with Crippen molar-refractivity contribution in [3.05, 3.63) is 35.9 Å². The first-order valence-corrected chi connectivity index (χ1v) is 7.80. The van der Waals surface area contributed by atoms with Gasteiger partial charge in [0.25, 0.3) is 5.91 Å². The van der Waals surface area contributed by atoms with Crippen molar-refractivity contribution >= 4 is 11.9 Å². The van der Waals surface area contributed by atoms with Crippen LogP contribution in [0.4, 0.5) is 0 Å². The highest BCUT2D eigenvalue weighted by Gasteiger charge is 2.21. The number of carbonyl (C=O) groups excluding carboxylic acids is 2. The predicted octanol–water partition coefficient (Wildman–Crippen LogP) is 2.02. The van der Waals surface area contributed by atoms with Gasteiger partial charge in [0.05, 0.1) is 12.0 Å². The Morgan fingerprint density at radius 1 is 1.36 bits per heavy atom. The van der Waals surface area contributed by atoms with Gasteiger partial charge in [0.1, 0.15) is 0 Å². The Morgan fingerprint density at radius 2 is 2.14 bits per heavy atom. The van der Waals surface area contributed by atoms with Gasteiger partial charge in [-0.15, -0.1) is 0 Å². The molecule has 2 rings (SSSR count). The highest BCUT2D eigenvalue weighted by Crippen LogP contribution is 2.20. The SMILES string of the molecule is CCC(C(=O)OCC(=O)NCC1CCCO1)c1ccccc1. The Hall–Kier alpha value is -1.88. The van der Waals surface area contributed by atoms with Crippen LogP contribution in [0.5, 0.6) is 0 Å². The molecule has 1 saturated heterocycles. The molecule has 0 saturated carbocycles. The minimum absolute atomic E-state index is 0.0901. The maximum Gasteiger partial charge on any atom is 0.313 e. The van der Waals surface area contributed by atoms with E-state index in [0.717, 1.165) is 25.0 Å². The molecule has 1 heterocycles. The molecule has 0 bridgehead atoms. The highest BCUT2D eigenvalue weighted by atomic mass is 16.5. The second-order valence-corrected chi connectivity index (χ2v) is 5.42. The lowest BCUT2D eigenvalue weighted by molar-refractivity contribution is -0.150. The van der Waals surface area contributed by atoms with Crippen molar-refractivity contribution in [3.63, 3.8) is 0 Å². The third kappa shape index (κ3) is 4.84. The highest BCUT2D eigenvalue weighted by molar-refractivity contribution is 5.83. The zero-order valence-electron chi connectivity index (χ0n) is 12.9. The lowest BCUT2D eigenvalue weighted by Crippen LogP contribution is -2.35. The van der Waals surface area contributed by atoms with Crippen LogP contribution in [0.2, 0.25) is 0 Å². The Balaban J connectivity index is 1.74. The van der Waals surface area contributed by atoms with Crippen LogP contribution in [0.25, 0.3) is 0 Å². The second-order valence-electron chi connectivity index (χ2n) is 5.42. The van der Waals surface area contributed by atoms with Crippen LogP contribution in [-0.4, -0.2) is 37.7 Å². The van der Waals surface area contributed by atoms with Gasteiger partial charge in [0.2, 0.25) is 0 Å².